The van der Waals surface area contributed by atoms with Crippen LogP contribution < -0.4 is 16.6 Å². The predicted octanol–water partition coefficient (Wildman–Crippen LogP) is 0.715. The fraction of sp³-hybridized carbons (Fsp3) is 0.667. The molecule has 2 rings (SSSR count). The van der Waals surface area contributed by atoms with Crippen LogP contribution in [0.3, 0.4) is 0 Å². The average molecular weight is 267 g/mol. The molecule has 0 bridgehead atoms. The Labute approximate surface area is 112 Å². The van der Waals surface area contributed by atoms with Gasteiger partial charge in [0.25, 0.3) is 0 Å². The van der Waals surface area contributed by atoms with Crippen molar-refractivity contribution in [3.63, 3.8) is 0 Å². The highest BCUT2D eigenvalue weighted by Crippen LogP contribution is 2.38. The van der Waals surface area contributed by atoms with Gasteiger partial charge in [-0.3, -0.25) is 0 Å². The lowest BCUT2D eigenvalue weighted by Gasteiger charge is -2.09. The molecule has 0 unspecified atom stereocenters. The summed E-state index contributed by atoms with van der Waals surface area (Å²) in [5, 5.41) is 3.21. The standard InChI is InChI=1S/C12H21N5O2/c1-18-6-7-19-5-4-14-10-8-11(17-13)16-12(15-10)9-2-3-9/h8-9H,2-7,13H2,1H3,(H2,14,15,16,17). The van der Waals surface area contributed by atoms with E-state index in [-0.39, 0.29) is 0 Å². The Balaban J connectivity index is 1.80. The Bertz CT molecular complexity index is 398. The molecule has 106 valence electrons. The van der Waals surface area contributed by atoms with Crippen molar-refractivity contribution in [2.75, 3.05) is 44.2 Å². The van der Waals surface area contributed by atoms with Gasteiger partial charge in [0.15, 0.2) is 0 Å². The van der Waals surface area contributed by atoms with Crippen LogP contribution in [0, 0.1) is 0 Å². The molecule has 0 radical (unpaired) electrons. The number of aromatic nitrogens is 2. The Morgan fingerprint density at radius 3 is 2.74 bits per heavy atom. The number of hydrogen-bond donors (Lipinski definition) is 3. The van der Waals surface area contributed by atoms with E-state index in [1.165, 1.54) is 0 Å². The molecular formula is C12H21N5O2. The van der Waals surface area contributed by atoms with Crippen LogP contribution in [0.25, 0.3) is 0 Å². The van der Waals surface area contributed by atoms with Gasteiger partial charge in [0.2, 0.25) is 0 Å². The number of methoxy groups -OCH3 is 1. The molecule has 4 N–H and O–H groups in total. The van der Waals surface area contributed by atoms with E-state index in [0.717, 1.165) is 24.5 Å². The average Bonchev–Trinajstić information content (AvgIpc) is 3.27. The molecule has 1 aliphatic carbocycles. The van der Waals surface area contributed by atoms with Crippen molar-refractivity contribution in [1.82, 2.24) is 9.97 Å². The van der Waals surface area contributed by atoms with Crippen molar-refractivity contribution in [1.29, 1.82) is 0 Å². The van der Waals surface area contributed by atoms with Gasteiger partial charge in [-0.25, -0.2) is 15.8 Å². The van der Waals surface area contributed by atoms with E-state index < -0.39 is 0 Å². The molecule has 7 nitrogen and oxygen atoms in total. The van der Waals surface area contributed by atoms with Crippen LogP contribution in [0.15, 0.2) is 6.07 Å². The largest absolute Gasteiger partial charge is 0.382 e. The molecule has 1 aromatic rings. The third kappa shape index (κ3) is 4.62. The molecule has 1 aliphatic rings. The van der Waals surface area contributed by atoms with E-state index in [2.05, 4.69) is 20.7 Å². The molecule has 0 aliphatic heterocycles. The summed E-state index contributed by atoms with van der Waals surface area (Å²) in [6.45, 7) is 2.51. The fourth-order valence-corrected chi connectivity index (χ4v) is 1.65. The van der Waals surface area contributed by atoms with Gasteiger partial charge < -0.3 is 20.2 Å². The number of hydrazine groups is 1. The summed E-state index contributed by atoms with van der Waals surface area (Å²) in [5.41, 5.74) is 2.57. The maximum atomic E-state index is 5.41. The number of ether oxygens (including phenoxy) is 2. The second kappa shape index (κ2) is 7.22. The van der Waals surface area contributed by atoms with Crippen LogP contribution >= 0.6 is 0 Å². The lowest BCUT2D eigenvalue weighted by molar-refractivity contribution is 0.0759. The van der Waals surface area contributed by atoms with E-state index in [4.69, 9.17) is 15.3 Å². The molecule has 19 heavy (non-hydrogen) atoms. The number of nitrogens with zero attached hydrogens (tertiary/aromatic N) is 2. The highest BCUT2D eigenvalue weighted by molar-refractivity contribution is 5.47. The van der Waals surface area contributed by atoms with Gasteiger partial charge in [-0.05, 0) is 12.8 Å². The first-order valence-electron chi connectivity index (χ1n) is 6.49. The Kier molecular flexibility index (Phi) is 5.31. The number of anilines is 2. The van der Waals surface area contributed by atoms with Crippen LogP contribution in [-0.4, -0.2) is 43.4 Å². The minimum atomic E-state index is 0.492. The van der Waals surface area contributed by atoms with Crippen molar-refractivity contribution in [3.8, 4) is 0 Å². The molecule has 1 aromatic heterocycles. The summed E-state index contributed by atoms with van der Waals surface area (Å²) < 4.78 is 10.3. The number of nitrogens with two attached hydrogens (primary N) is 1. The van der Waals surface area contributed by atoms with Crippen LogP contribution in [0.5, 0.6) is 0 Å². The zero-order valence-corrected chi connectivity index (χ0v) is 11.2. The van der Waals surface area contributed by atoms with Crippen molar-refractivity contribution in [3.05, 3.63) is 11.9 Å². The second-order valence-electron chi connectivity index (χ2n) is 4.45. The zero-order valence-electron chi connectivity index (χ0n) is 11.2. The van der Waals surface area contributed by atoms with Crippen LogP contribution in [0.4, 0.5) is 11.6 Å². The second-order valence-corrected chi connectivity index (χ2v) is 4.45. The first kappa shape index (κ1) is 14.0. The van der Waals surface area contributed by atoms with Gasteiger partial charge in [0, 0.05) is 25.6 Å². The topological polar surface area (TPSA) is 94.3 Å². The summed E-state index contributed by atoms with van der Waals surface area (Å²) in [7, 11) is 1.66. The van der Waals surface area contributed by atoms with E-state index >= 15 is 0 Å². The first-order chi connectivity index (χ1) is 9.33. The lowest BCUT2D eigenvalue weighted by Crippen LogP contribution is -2.15. The molecule has 0 amide bonds. The number of nitrogens with one attached hydrogen (secondary N) is 2. The predicted molar refractivity (Wildman–Crippen MR) is 73.0 cm³/mol. The van der Waals surface area contributed by atoms with E-state index in [9.17, 15) is 0 Å². The molecule has 0 spiro atoms. The molecule has 7 heteroatoms. The summed E-state index contributed by atoms with van der Waals surface area (Å²) in [6, 6.07) is 1.79. The molecule has 1 saturated carbocycles. The van der Waals surface area contributed by atoms with Gasteiger partial charge in [-0.1, -0.05) is 0 Å². The van der Waals surface area contributed by atoms with Crippen LogP contribution in [0.1, 0.15) is 24.6 Å². The molecule has 1 fully saturated rings. The highest BCUT2D eigenvalue weighted by atomic mass is 16.5. The first-order valence-corrected chi connectivity index (χ1v) is 6.49. The minimum absolute atomic E-state index is 0.492. The van der Waals surface area contributed by atoms with E-state index in [0.29, 0.717) is 38.1 Å². The maximum Gasteiger partial charge on any atom is 0.145 e. The number of rotatable bonds is 9. The third-order valence-electron chi connectivity index (χ3n) is 2.82. The lowest BCUT2D eigenvalue weighted by atomic mass is 10.4. The summed E-state index contributed by atoms with van der Waals surface area (Å²) >= 11 is 0. The summed E-state index contributed by atoms with van der Waals surface area (Å²) in [6.07, 6.45) is 2.32. The highest BCUT2D eigenvalue weighted by Gasteiger charge is 2.27. The number of nitrogen functional groups attached to an aromatic ring is 1. The van der Waals surface area contributed by atoms with Gasteiger partial charge in [0.05, 0.1) is 19.8 Å². The van der Waals surface area contributed by atoms with Gasteiger partial charge >= 0.3 is 0 Å². The van der Waals surface area contributed by atoms with Gasteiger partial charge in [-0.15, -0.1) is 0 Å². The smallest absolute Gasteiger partial charge is 0.145 e. The SMILES string of the molecule is COCCOCCNc1cc(NN)nc(C2CC2)n1. The van der Waals surface area contributed by atoms with Crippen molar-refractivity contribution in [2.24, 2.45) is 5.84 Å². The molecule has 0 aromatic carbocycles. The Hall–Kier alpha value is -1.44. The number of hydrogen-bond acceptors (Lipinski definition) is 7. The van der Waals surface area contributed by atoms with E-state index in [1.54, 1.807) is 13.2 Å². The normalized spacial score (nSPS) is 14.4. The Morgan fingerprint density at radius 1 is 1.26 bits per heavy atom. The van der Waals surface area contributed by atoms with E-state index in [1.807, 2.05) is 0 Å². The summed E-state index contributed by atoms with van der Waals surface area (Å²) in [5.74, 6) is 8.18. The van der Waals surface area contributed by atoms with Gasteiger partial charge in [-0.2, -0.15) is 0 Å². The quantitative estimate of drug-likeness (QED) is 0.344. The van der Waals surface area contributed by atoms with Crippen LogP contribution in [0.2, 0.25) is 0 Å². The van der Waals surface area contributed by atoms with Crippen LogP contribution in [-0.2, 0) is 9.47 Å². The van der Waals surface area contributed by atoms with Crippen molar-refractivity contribution < 1.29 is 9.47 Å². The van der Waals surface area contributed by atoms with Gasteiger partial charge in [0.1, 0.15) is 17.5 Å². The monoisotopic (exact) mass is 267 g/mol. The van der Waals surface area contributed by atoms with Crippen molar-refractivity contribution >= 4 is 11.6 Å². The van der Waals surface area contributed by atoms with Crippen molar-refractivity contribution in [2.45, 2.75) is 18.8 Å². The zero-order chi connectivity index (χ0) is 13.5. The third-order valence-corrected chi connectivity index (χ3v) is 2.82. The molecular weight excluding hydrogens is 246 g/mol. The molecule has 0 saturated heterocycles. The maximum absolute atomic E-state index is 5.41. The fourth-order valence-electron chi connectivity index (χ4n) is 1.65. The minimum Gasteiger partial charge on any atom is -0.382 e. The molecule has 1 heterocycles. The Morgan fingerprint density at radius 2 is 2.05 bits per heavy atom. The molecule has 0 atom stereocenters. The summed E-state index contributed by atoms with van der Waals surface area (Å²) in [4.78, 5) is 8.83.